The highest BCUT2D eigenvalue weighted by Gasteiger charge is 2.16. The molecule has 1 N–H and O–H groups in total. The molecule has 31 heavy (non-hydrogen) atoms. The summed E-state index contributed by atoms with van der Waals surface area (Å²) in [4.78, 5) is 41.0. The molecule has 3 rings (SSSR count). The quantitative estimate of drug-likeness (QED) is 0.533. The predicted octanol–water partition coefficient (Wildman–Crippen LogP) is 0.590. The molecule has 0 aliphatic carbocycles. The van der Waals surface area contributed by atoms with Crippen LogP contribution in [0.2, 0.25) is 0 Å². The van der Waals surface area contributed by atoms with Crippen molar-refractivity contribution in [2.75, 3.05) is 19.8 Å². The molecule has 10 heteroatoms. The van der Waals surface area contributed by atoms with Gasteiger partial charge in [0.15, 0.2) is 22.7 Å². The van der Waals surface area contributed by atoms with Crippen LogP contribution in [0.5, 0.6) is 11.5 Å². The topological polar surface area (TPSA) is 109 Å². The van der Waals surface area contributed by atoms with E-state index in [4.69, 9.17) is 9.47 Å². The Balaban J connectivity index is 1.66. The maximum atomic E-state index is 12.5. The number of carbonyl (C=O) groups excluding carboxylic acids is 1. The normalized spacial score (nSPS) is 11.0. The van der Waals surface area contributed by atoms with E-state index in [2.05, 4.69) is 10.3 Å². The van der Waals surface area contributed by atoms with Gasteiger partial charge in [-0.15, -0.1) is 0 Å². The summed E-state index contributed by atoms with van der Waals surface area (Å²) >= 11 is 0. The zero-order valence-electron chi connectivity index (χ0n) is 18.2. The zero-order chi connectivity index (χ0) is 22.5. The molecule has 0 fully saturated rings. The third-order valence-corrected chi connectivity index (χ3v) is 4.87. The van der Waals surface area contributed by atoms with E-state index in [1.807, 2.05) is 32.0 Å². The van der Waals surface area contributed by atoms with Crippen LogP contribution in [0.25, 0.3) is 11.2 Å². The fourth-order valence-electron chi connectivity index (χ4n) is 3.32. The van der Waals surface area contributed by atoms with Crippen LogP contribution in [0.1, 0.15) is 19.4 Å². The molecule has 0 unspecified atom stereocenters. The van der Waals surface area contributed by atoms with E-state index in [0.717, 1.165) is 10.1 Å². The van der Waals surface area contributed by atoms with Crippen LogP contribution in [0.15, 0.2) is 34.1 Å². The molecule has 10 nitrogen and oxygen atoms in total. The van der Waals surface area contributed by atoms with Crippen molar-refractivity contribution >= 4 is 17.1 Å². The molecular formula is C21H27N5O5. The van der Waals surface area contributed by atoms with Crippen molar-refractivity contribution in [2.24, 2.45) is 14.1 Å². The van der Waals surface area contributed by atoms with Crippen molar-refractivity contribution in [3.63, 3.8) is 0 Å². The van der Waals surface area contributed by atoms with Crippen molar-refractivity contribution < 1.29 is 14.3 Å². The maximum Gasteiger partial charge on any atom is 0.332 e. The lowest BCUT2D eigenvalue weighted by Gasteiger charge is -2.13. The number of amides is 1. The second-order valence-electron chi connectivity index (χ2n) is 7.00. The molecular weight excluding hydrogens is 402 g/mol. The first-order valence-electron chi connectivity index (χ1n) is 10.1. The highest BCUT2D eigenvalue weighted by molar-refractivity contribution is 5.78. The van der Waals surface area contributed by atoms with Gasteiger partial charge in [0.2, 0.25) is 5.91 Å². The van der Waals surface area contributed by atoms with Gasteiger partial charge in [-0.2, -0.15) is 0 Å². The lowest BCUT2D eigenvalue weighted by Crippen LogP contribution is -2.38. The summed E-state index contributed by atoms with van der Waals surface area (Å²) in [6.07, 6.45) is 2.01. The number of ether oxygens (including phenoxy) is 2. The number of imidazole rings is 1. The summed E-state index contributed by atoms with van der Waals surface area (Å²) in [5.74, 6) is 1.12. The van der Waals surface area contributed by atoms with Crippen molar-refractivity contribution in [3.8, 4) is 11.5 Å². The smallest absolute Gasteiger partial charge is 0.332 e. The highest BCUT2D eigenvalue weighted by atomic mass is 16.5. The van der Waals surface area contributed by atoms with Crippen molar-refractivity contribution in [3.05, 3.63) is 50.9 Å². The average Bonchev–Trinajstić information content (AvgIpc) is 3.16. The Morgan fingerprint density at radius 1 is 1.06 bits per heavy atom. The average molecular weight is 429 g/mol. The Hall–Kier alpha value is -3.56. The number of hydrogen-bond donors (Lipinski definition) is 1. The molecule has 0 aliphatic rings. The fourth-order valence-corrected chi connectivity index (χ4v) is 3.32. The second-order valence-corrected chi connectivity index (χ2v) is 7.00. The highest BCUT2D eigenvalue weighted by Crippen LogP contribution is 2.28. The van der Waals surface area contributed by atoms with E-state index >= 15 is 0 Å². The number of benzene rings is 1. The number of carbonyl (C=O) groups is 1. The molecule has 0 atom stereocenters. The van der Waals surface area contributed by atoms with Gasteiger partial charge in [0, 0.05) is 20.6 Å². The maximum absolute atomic E-state index is 12.5. The van der Waals surface area contributed by atoms with Crippen LogP contribution in [-0.2, 0) is 31.9 Å². The molecule has 1 aromatic carbocycles. The van der Waals surface area contributed by atoms with Gasteiger partial charge in [0.05, 0.1) is 19.5 Å². The van der Waals surface area contributed by atoms with Gasteiger partial charge in [-0.3, -0.25) is 18.7 Å². The largest absolute Gasteiger partial charge is 0.490 e. The first-order chi connectivity index (χ1) is 14.9. The summed E-state index contributed by atoms with van der Waals surface area (Å²) in [7, 11) is 2.93. The Labute approximate surface area is 179 Å². The van der Waals surface area contributed by atoms with Crippen LogP contribution < -0.4 is 26.0 Å². The summed E-state index contributed by atoms with van der Waals surface area (Å²) in [5.41, 5.74) is 0.519. The summed E-state index contributed by atoms with van der Waals surface area (Å²) in [6.45, 7) is 5.25. The molecule has 0 saturated carbocycles. The second kappa shape index (κ2) is 9.50. The monoisotopic (exact) mass is 429 g/mol. The number of nitrogens with zero attached hydrogens (tertiary/aromatic N) is 4. The zero-order valence-corrected chi connectivity index (χ0v) is 18.2. The Morgan fingerprint density at radius 3 is 2.48 bits per heavy atom. The Bertz CT molecular complexity index is 1210. The van der Waals surface area contributed by atoms with Gasteiger partial charge in [-0.1, -0.05) is 6.07 Å². The molecule has 0 saturated heterocycles. The number of fused-ring (bicyclic) bond motifs is 1. The van der Waals surface area contributed by atoms with Crippen molar-refractivity contribution in [2.45, 2.75) is 26.8 Å². The lowest BCUT2D eigenvalue weighted by molar-refractivity contribution is -0.121. The SMILES string of the molecule is CCOc1ccc(CCNC(=O)Cn2cnc3c2c(=O)n(C)c(=O)n3C)cc1OCC. The molecule has 0 radical (unpaired) electrons. The van der Waals surface area contributed by atoms with Gasteiger partial charge < -0.3 is 19.4 Å². The van der Waals surface area contributed by atoms with Crippen molar-refractivity contribution in [1.82, 2.24) is 24.0 Å². The van der Waals surface area contributed by atoms with E-state index in [1.54, 1.807) is 0 Å². The van der Waals surface area contributed by atoms with Crippen molar-refractivity contribution in [1.29, 1.82) is 0 Å². The van der Waals surface area contributed by atoms with Crippen LogP contribution in [-0.4, -0.2) is 44.4 Å². The lowest BCUT2D eigenvalue weighted by atomic mass is 10.1. The van der Waals surface area contributed by atoms with Crippen LogP contribution in [0.3, 0.4) is 0 Å². The number of aromatic nitrogens is 4. The minimum atomic E-state index is -0.485. The Kier molecular flexibility index (Phi) is 6.78. The molecule has 3 aromatic rings. The minimum Gasteiger partial charge on any atom is -0.490 e. The first-order valence-corrected chi connectivity index (χ1v) is 10.1. The van der Waals surface area contributed by atoms with Crippen LogP contribution in [0.4, 0.5) is 0 Å². The number of nitrogens with one attached hydrogen (secondary N) is 1. The number of aryl methyl sites for hydroxylation is 1. The summed E-state index contributed by atoms with van der Waals surface area (Å²) < 4.78 is 14.9. The standard InChI is InChI=1S/C21H27N5O5/c1-5-30-15-8-7-14(11-16(15)31-6-2)9-10-22-17(27)12-26-13-23-19-18(26)20(28)25(4)21(29)24(19)3/h7-8,11,13H,5-6,9-10,12H2,1-4H3,(H,22,27). The van der Waals surface area contributed by atoms with E-state index in [0.29, 0.717) is 37.7 Å². The van der Waals surface area contributed by atoms with Crippen LogP contribution >= 0.6 is 0 Å². The van der Waals surface area contributed by atoms with E-state index in [1.165, 1.54) is 29.6 Å². The minimum absolute atomic E-state index is 0.0720. The first kappa shape index (κ1) is 22.1. The third kappa shape index (κ3) is 4.62. The molecule has 0 bridgehead atoms. The van der Waals surface area contributed by atoms with Gasteiger partial charge >= 0.3 is 5.69 Å². The molecule has 2 heterocycles. The molecule has 2 aromatic heterocycles. The molecule has 0 spiro atoms. The van der Waals surface area contributed by atoms with E-state index < -0.39 is 11.2 Å². The number of hydrogen-bond acceptors (Lipinski definition) is 6. The van der Waals surface area contributed by atoms with Gasteiger partial charge in [-0.05, 0) is 38.0 Å². The predicted molar refractivity (Wildman–Crippen MR) is 116 cm³/mol. The number of rotatable bonds is 9. The molecule has 0 aliphatic heterocycles. The van der Waals surface area contributed by atoms with E-state index in [-0.39, 0.29) is 23.6 Å². The van der Waals surface area contributed by atoms with Crippen LogP contribution in [0, 0.1) is 0 Å². The molecule has 1 amide bonds. The third-order valence-electron chi connectivity index (χ3n) is 4.87. The molecule has 166 valence electrons. The summed E-state index contributed by atoms with van der Waals surface area (Å²) in [6, 6.07) is 5.71. The fraction of sp³-hybridized carbons (Fsp3) is 0.429. The van der Waals surface area contributed by atoms with Gasteiger partial charge in [0.1, 0.15) is 6.54 Å². The Morgan fingerprint density at radius 2 is 1.77 bits per heavy atom. The summed E-state index contributed by atoms with van der Waals surface area (Å²) in [5, 5.41) is 2.85. The van der Waals surface area contributed by atoms with E-state index in [9.17, 15) is 14.4 Å². The van der Waals surface area contributed by atoms with Gasteiger partial charge in [-0.25, -0.2) is 9.78 Å². The van der Waals surface area contributed by atoms with Gasteiger partial charge in [0.25, 0.3) is 5.56 Å².